The summed E-state index contributed by atoms with van der Waals surface area (Å²) < 4.78 is 0. The zero-order chi connectivity index (χ0) is 13.8. The Kier molecular flexibility index (Phi) is 4.40. The van der Waals surface area contributed by atoms with Gasteiger partial charge in [0.2, 0.25) is 0 Å². The van der Waals surface area contributed by atoms with Crippen molar-refractivity contribution >= 4 is 11.7 Å². The maximum Gasteiger partial charge on any atom is 0.251 e. The second-order valence-corrected chi connectivity index (χ2v) is 5.29. The molecular formula is C15H23N3O. The van der Waals surface area contributed by atoms with Gasteiger partial charge in [-0.25, -0.2) is 4.98 Å². The Hall–Kier alpha value is -1.58. The number of pyridine rings is 1. The number of carbonyl (C=O) groups is 1. The molecule has 1 saturated carbocycles. The lowest BCUT2D eigenvalue weighted by Gasteiger charge is -2.09. The molecule has 4 nitrogen and oxygen atoms in total. The Balaban J connectivity index is 2.02. The summed E-state index contributed by atoms with van der Waals surface area (Å²) in [5, 5.41) is 6.32. The van der Waals surface area contributed by atoms with Gasteiger partial charge >= 0.3 is 0 Å². The van der Waals surface area contributed by atoms with Crippen molar-refractivity contribution < 1.29 is 4.79 Å². The molecular weight excluding hydrogens is 238 g/mol. The summed E-state index contributed by atoms with van der Waals surface area (Å²) >= 11 is 0. The van der Waals surface area contributed by atoms with Gasteiger partial charge in [-0.1, -0.05) is 20.3 Å². The number of carbonyl (C=O) groups excluding carboxylic acids is 1. The van der Waals surface area contributed by atoms with Gasteiger partial charge in [0.05, 0.1) is 0 Å². The maximum absolute atomic E-state index is 12.2. The minimum atomic E-state index is 0.0194. The number of amides is 1. The molecule has 0 spiro atoms. The highest BCUT2D eigenvalue weighted by atomic mass is 16.1. The molecule has 0 saturated heterocycles. The SMILES string of the molecule is CCCNc1cc(C(=O)NC2CC2CC)cc(C)n1. The standard InChI is InChI=1S/C15H23N3O/c1-4-6-16-14-9-12(7-10(3)17-14)15(19)18-13-8-11(13)5-2/h7,9,11,13H,4-6,8H2,1-3H3,(H,16,17)(H,18,19). The Bertz CT molecular complexity index is 459. The molecule has 0 aromatic carbocycles. The average molecular weight is 261 g/mol. The number of aromatic nitrogens is 1. The number of aryl methyl sites for hydroxylation is 1. The Morgan fingerprint density at radius 3 is 2.84 bits per heavy atom. The minimum Gasteiger partial charge on any atom is -0.370 e. The average Bonchev–Trinajstić information content (AvgIpc) is 3.14. The first-order valence-electron chi connectivity index (χ1n) is 7.17. The molecule has 1 amide bonds. The van der Waals surface area contributed by atoms with Crippen LogP contribution in [0.3, 0.4) is 0 Å². The molecule has 4 heteroatoms. The van der Waals surface area contributed by atoms with Crippen LogP contribution in [0, 0.1) is 12.8 Å². The van der Waals surface area contributed by atoms with E-state index in [0.717, 1.165) is 37.3 Å². The third-order valence-corrected chi connectivity index (χ3v) is 3.54. The van der Waals surface area contributed by atoms with Gasteiger partial charge in [-0.3, -0.25) is 4.79 Å². The summed E-state index contributed by atoms with van der Waals surface area (Å²) in [5.41, 5.74) is 1.57. The first-order valence-corrected chi connectivity index (χ1v) is 7.17. The highest BCUT2D eigenvalue weighted by Crippen LogP contribution is 2.33. The summed E-state index contributed by atoms with van der Waals surface area (Å²) in [6.45, 7) is 7.06. The molecule has 1 aromatic rings. The quantitative estimate of drug-likeness (QED) is 0.828. The molecule has 2 rings (SSSR count). The van der Waals surface area contributed by atoms with Gasteiger partial charge in [0, 0.05) is 23.8 Å². The van der Waals surface area contributed by atoms with E-state index in [2.05, 4.69) is 29.5 Å². The highest BCUT2D eigenvalue weighted by Gasteiger charge is 2.36. The summed E-state index contributed by atoms with van der Waals surface area (Å²) in [5.74, 6) is 1.48. The summed E-state index contributed by atoms with van der Waals surface area (Å²) in [7, 11) is 0. The zero-order valence-corrected chi connectivity index (χ0v) is 12.0. The van der Waals surface area contributed by atoms with E-state index < -0.39 is 0 Å². The Morgan fingerprint density at radius 1 is 1.42 bits per heavy atom. The van der Waals surface area contributed by atoms with E-state index in [0.29, 0.717) is 17.5 Å². The van der Waals surface area contributed by atoms with Crippen LogP contribution in [0.2, 0.25) is 0 Å². The topological polar surface area (TPSA) is 54.0 Å². The van der Waals surface area contributed by atoms with Gasteiger partial charge in [-0.05, 0) is 37.8 Å². The fourth-order valence-electron chi connectivity index (χ4n) is 2.27. The van der Waals surface area contributed by atoms with Gasteiger partial charge in [-0.15, -0.1) is 0 Å². The van der Waals surface area contributed by atoms with Crippen LogP contribution in [0.1, 0.15) is 49.2 Å². The van der Waals surface area contributed by atoms with Crippen molar-refractivity contribution in [3.8, 4) is 0 Å². The number of anilines is 1. The third-order valence-electron chi connectivity index (χ3n) is 3.54. The van der Waals surface area contributed by atoms with Crippen molar-refractivity contribution in [3.05, 3.63) is 23.4 Å². The number of nitrogens with one attached hydrogen (secondary N) is 2. The lowest BCUT2D eigenvalue weighted by atomic mass is 10.2. The van der Waals surface area contributed by atoms with E-state index in [1.165, 1.54) is 0 Å². The van der Waals surface area contributed by atoms with Gasteiger partial charge in [-0.2, -0.15) is 0 Å². The maximum atomic E-state index is 12.2. The second-order valence-electron chi connectivity index (χ2n) is 5.29. The summed E-state index contributed by atoms with van der Waals surface area (Å²) in [6, 6.07) is 4.05. The first-order chi connectivity index (χ1) is 9.13. The Morgan fingerprint density at radius 2 is 2.21 bits per heavy atom. The smallest absolute Gasteiger partial charge is 0.251 e. The molecule has 2 unspecified atom stereocenters. The number of nitrogens with zero attached hydrogens (tertiary/aromatic N) is 1. The Labute approximate surface area is 115 Å². The summed E-state index contributed by atoms with van der Waals surface area (Å²) in [4.78, 5) is 16.6. The zero-order valence-electron chi connectivity index (χ0n) is 12.0. The molecule has 1 heterocycles. The van der Waals surface area contributed by atoms with Crippen LogP contribution in [0.25, 0.3) is 0 Å². The van der Waals surface area contributed by atoms with E-state index >= 15 is 0 Å². The first kappa shape index (κ1) is 13.8. The molecule has 104 valence electrons. The van der Waals surface area contributed by atoms with E-state index in [1.807, 2.05) is 19.1 Å². The van der Waals surface area contributed by atoms with Gasteiger partial charge in [0.25, 0.3) is 5.91 Å². The van der Waals surface area contributed by atoms with E-state index in [1.54, 1.807) is 0 Å². The predicted molar refractivity (Wildman–Crippen MR) is 77.4 cm³/mol. The number of rotatable bonds is 6. The largest absolute Gasteiger partial charge is 0.370 e. The van der Waals surface area contributed by atoms with Gasteiger partial charge in [0.15, 0.2) is 0 Å². The van der Waals surface area contributed by atoms with E-state index in [9.17, 15) is 4.79 Å². The van der Waals surface area contributed by atoms with E-state index in [-0.39, 0.29) is 5.91 Å². The lowest BCUT2D eigenvalue weighted by molar-refractivity contribution is 0.0949. The third kappa shape index (κ3) is 3.69. The predicted octanol–water partition coefficient (Wildman–Crippen LogP) is 2.74. The van der Waals surface area contributed by atoms with Crippen molar-refractivity contribution in [2.75, 3.05) is 11.9 Å². The molecule has 1 aliphatic carbocycles. The molecule has 0 bridgehead atoms. The van der Waals surface area contributed by atoms with Crippen LogP contribution in [0.5, 0.6) is 0 Å². The van der Waals surface area contributed by atoms with Gasteiger partial charge < -0.3 is 10.6 Å². The van der Waals surface area contributed by atoms with E-state index in [4.69, 9.17) is 0 Å². The molecule has 0 radical (unpaired) electrons. The second kappa shape index (κ2) is 6.04. The highest BCUT2D eigenvalue weighted by molar-refractivity contribution is 5.95. The minimum absolute atomic E-state index is 0.0194. The van der Waals surface area contributed by atoms with Crippen LogP contribution >= 0.6 is 0 Å². The van der Waals surface area contributed by atoms with Crippen molar-refractivity contribution in [1.29, 1.82) is 0 Å². The van der Waals surface area contributed by atoms with Crippen molar-refractivity contribution in [3.63, 3.8) is 0 Å². The van der Waals surface area contributed by atoms with Crippen molar-refractivity contribution in [2.24, 2.45) is 5.92 Å². The van der Waals surface area contributed by atoms with Crippen LogP contribution in [-0.2, 0) is 0 Å². The van der Waals surface area contributed by atoms with Crippen LogP contribution < -0.4 is 10.6 Å². The lowest BCUT2D eigenvalue weighted by Crippen LogP contribution is -2.27. The number of hydrogen-bond acceptors (Lipinski definition) is 3. The normalized spacial score (nSPS) is 21.0. The summed E-state index contributed by atoms with van der Waals surface area (Å²) in [6.07, 6.45) is 3.30. The molecule has 19 heavy (non-hydrogen) atoms. The van der Waals surface area contributed by atoms with Crippen molar-refractivity contribution in [2.45, 2.75) is 46.1 Å². The van der Waals surface area contributed by atoms with Crippen LogP contribution in [-0.4, -0.2) is 23.5 Å². The fourth-order valence-corrected chi connectivity index (χ4v) is 2.27. The van der Waals surface area contributed by atoms with Crippen molar-refractivity contribution in [1.82, 2.24) is 10.3 Å². The molecule has 1 fully saturated rings. The molecule has 1 aliphatic rings. The fraction of sp³-hybridized carbons (Fsp3) is 0.600. The number of hydrogen-bond donors (Lipinski definition) is 2. The molecule has 0 aliphatic heterocycles. The molecule has 1 aromatic heterocycles. The molecule has 2 atom stereocenters. The van der Waals surface area contributed by atoms with Gasteiger partial charge in [0.1, 0.15) is 5.82 Å². The van der Waals surface area contributed by atoms with Crippen LogP contribution in [0.4, 0.5) is 5.82 Å². The molecule has 2 N–H and O–H groups in total. The monoisotopic (exact) mass is 261 g/mol. The van der Waals surface area contributed by atoms with Crippen LogP contribution in [0.15, 0.2) is 12.1 Å².